The maximum atomic E-state index is 6.00. The van der Waals surface area contributed by atoms with Crippen LogP contribution < -0.4 is 0 Å². The van der Waals surface area contributed by atoms with Crippen molar-refractivity contribution in [2.45, 2.75) is 25.4 Å². The lowest BCUT2D eigenvalue weighted by Crippen LogP contribution is -2.42. The molecule has 4 heteroatoms. The summed E-state index contributed by atoms with van der Waals surface area (Å²) < 4.78 is 0.914. The summed E-state index contributed by atoms with van der Waals surface area (Å²) in [5.41, 5.74) is 0. The third kappa shape index (κ3) is 2.68. The number of piperidine rings is 1. The molecule has 0 saturated carbocycles. The van der Waals surface area contributed by atoms with E-state index in [1.807, 2.05) is 6.07 Å². The van der Waals surface area contributed by atoms with E-state index in [1.54, 1.807) is 11.3 Å². The Morgan fingerprint density at radius 3 is 2.94 bits per heavy atom. The Hall–Kier alpha value is -0.0900. The molecule has 0 aromatic carbocycles. The maximum Gasteiger partial charge on any atom is 0.0931 e. The van der Waals surface area contributed by atoms with Crippen LogP contribution in [0.2, 0.25) is 4.34 Å². The van der Waals surface area contributed by atoms with E-state index < -0.39 is 0 Å². The molecule has 4 heterocycles. The van der Waals surface area contributed by atoms with Gasteiger partial charge in [0.15, 0.2) is 0 Å². The van der Waals surface area contributed by atoms with Crippen LogP contribution in [0.25, 0.3) is 0 Å². The quantitative estimate of drug-likeness (QED) is 0.815. The van der Waals surface area contributed by atoms with Crippen LogP contribution in [0.1, 0.15) is 17.7 Å². The average Bonchev–Trinajstić information content (AvgIpc) is 2.52. The van der Waals surface area contributed by atoms with Crippen molar-refractivity contribution < 1.29 is 0 Å². The van der Waals surface area contributed by atoms with Gasteiger partial charge in [0.1, 0.15) is 0 Å². The number of hydrogen-bond acceptors (Lipinski definition) is 3. The topological polar surface area (TPSA) is 6.48 Å². The first-order valence-electron chi connectivity index (χ1n) is 6.37. The number of fused-ring (bicyclic) bond motifs is 4. The lowest BCUT2D eigenvalue weighted by Gasteiger charge is -2.35. The van der Waals surface area contributed by atoms with Gasteiger partial charge < -0.3 is 4.90 Å². The predicted octanol–water partition coefficient (Wildman–Crippen LogP) is 2.93. The standard InChI is InChI=1S/C13H19ClN2S/c1-15-6-10-2-3-11(8-15)16(7-10)9-12-4-5-13(14)17-12/h4-5,10-11H,2-3,6-9H2,1H3/t10-,11+/m1/s1. The summed E-state index contributed by atoms with van der Waals surface area (Å²) in [5.74, 6) is 0.870. The minimum Gasteiger partial charge on any atom is -0.304 e. The van der Waals surface area contributed by atoms with Gasteiger partial charge >= 0.3 is 0 Å². The summed E-state index contributed by atoms with van der Waals surface area (Å²) in [5, 5.41) is 0. The highest BCUT2D eigenvalue weighted by atomic mass is 35.5. The largest absolute Gasteiger partial charge is 0.304 e. The summed E-state index contributed by atoms with van der Waals surface area (Å²) in [4.78, 5) is 6.58. The van der Waals surface area contributed by atoms with E-state index in [9.17, 15) is 0 Å². The molecule has 1 aromatic heterocycles. The number of rotatable bonds is 2. The fourth-order valence-corrected chi connectivity index (χ4v) is 4.36. The highest BCUT2D eigenvalue weighted by Crippen LogP contribution is 2.30. The second-order valence-corrected chi connectivity index (χ2v) is 7.25. The molecule has 0 aliphatic carbocycles. The molecule has 0 amide bonds. The van der Waals surface area contributed by atoms with Crippen molar-refractivity contribution in [3.8, 4) is 0 Å². The van der Waals surface area contributed by atoms with E-state index in [1.165, 1.54) is 37.4 Å². The summed E-state index contributed by atoms with van der Waals surface area (Å²) >= 11 is 7.73. The Labute approximate surface area is 112 Å². The Bertz CT molecular complexity index is 393. The van der Waals surface area contributed by atoms with Gasteiger partial charge in [0, 0.05) is 37.1 Å². The number of thiophene rings is 1. The van der Waals surface area contributed by atoms with Crippen molar-refractivity contribution in [3.63, 3.8) is 0 Å². The second kappa shape index (κ2) is 4.88. The minimum absolute atomic E-state index is 0.750. The normalized spacial score (nSPS) is 30.7. The zero-order valence-corrected chi connectivity index (χ0v) is 11.8. The molecule has 0 spiro atoms. The van der Waals surface area contributed by atoms with E-state index >= 15 is 0 Å². The average molecular weight is 271 g/mol. The summed E-state index contributed by atoms with van der Waals surface area (Å²) in [6.07, 6.45) is 2.78. The first-order chi connectivity index (χ1) is 8.20. The predicted molar refractivity (Wildman–Crippen MR) is 73.7 cm³/mol. The molecule has 3 fully saturated rings. The van der Waals surface area contributed by atoms with Crippen molar-refractivity contribution in [1.29, 1.82) is 0 Å². The molecular weight excluding hydrogens is 252 g/mol. The number of likely N-dealkylation sites (N-methyl/N-ethyl adjacent to an activating group) is 1. The molecule has 1 aromatic rings. The van der Waals surface area contributed by atoms with E-state index in [4.69, 9.17) is 11.6 Å². The third-order valence-corrected chi connectivity index (χ3v) is 5.21. The molecule has 17 heavy (non-hydrogen) atoms. The van der Waals surface area contributed by atoms with Gasteiger partial charge in [0.25, 0.3) is 0 Å². The summed E-state index contributed by atoms with van der Waals surface area (Å²) in [6.45, 7) is 4.87. The molecule has 2 atom stereocenters. The van der Waals surface area contributed by atoms with Crippen LogP contribution in [0.15, 0.2) is 12.1 Å². The molecule has 0 N–H and O–H groups in total. The maximum absolute atomic E-state index is 6.00. The van der Waals surface area contributed by atoms with Gasteiger partial charge in [-0.25, -0.2) is 0 Å². The second-order valence-electron chi connectivity index (χ2n) is 5.45. The monoisotopic (exact) mass is 270 g/mol. The molecule has 94 valence electrons. The van der Waals surface area contributed by atoms with Gasteiger partial charge in [-0.1, -0.05) is 11.6 Å². The van der Waals surface area contributed by atoms with Gasteiger partial charge in [-0.2, -0.15) is 0 Å². The van der Waals surface area contributed by atoms with Crippen molar-refractivity contribution in [2.75, 3.05) is 26.7 Å². The number of halogens is 1. The molecule has 4 rings (SSSR count). The first-order valence-corrected chi connectivity index (χ1v) is 7.57. The molecule has 2 bridgehead atoms. The third-order valence-electron chi connectivity index (χ3n) is 4.00. The lowest BCUT2D eigenvalue weighted by atomic mass is 9.95. The van der Waals surface area contributed by atoms with Crippen molar-refractivity contribution in [1.82, 2.24) is 9.80 Å². The van der Waals surface area contributed by atoms with Crippen molar-refractivity contribution >= 4 is 22.9 Å². The smallest absolute Gasteiger partial charge is 0.0931 e. The van der Waals surface area contributed by atoms with Gasteiger partial charge in [0.05, 0.1) is 4.34 Å². The van der Waals surface area contributed by atoms with E-state index in [2.05, 4.69) is 22.9 Å². The molecule has 3 aliphatic heterocycles. The molecule has 0 unspecified atom stereocenters. The summed E-state index contributed by atoms with van der Waals surface area (Å²) in [6, 6.07) is 4.94. The van der Waals surface area contributed by atoms with Crippen molar-refractivity contribution in [3.05, 3.63) is 21.3 Å². The van der Waals surface area contributed by atoms with Crippen LogP contribution in [0, 0.1) is 5.92 Å². The van der Waals surface area contributed by atoms with Crippen LogP contribution in [0.3, 0.4) is 0 Å². The van der Waals surface area contributed by atoms with Crippen LogP contribution in [-0.4, -0.2) is 42.5 Å². The van der Waals surface area contributed by atoms with Crippen LogP contribution in [0.4, 0.5) is 0 Å². The van der Waals surface area contributed by atoms with Crippen LogP contribution in [-0.2, 0) is 6.54 Å². The van der Waals surface area contributed by atoms with E-state index in [-0.39, 0.29) is 0 Å². The van der Waals surface area contributed by atoms with E-state index in [0.29, 0.717) is 0 Å². The Kier molecular flexibility index (Phi) is 3.44. The fraction of sp³-hybridized carbons (Fsp3) is 0.692. The van der Waals surface area contributed by atoms with Crippen molar-refractivity contribution in [2.24, 2.45) is 5.92 Å². The lowest BCUT2D eigenvalue weighted by molar-refractivity contribution is 0.125. The van der Waals surface area contributed by atoms with Crippen LogP contribution >= 0.6 is 22.9 Å². The number of nitrogens with zero attached hydrogens (tertiary/aromatic N) is 2. The molecule has 3 aliphatic rings. The number of hydrogen-bond donors (Lipinski definition) is 0. The Balaban J connectivity index is 1.71. The molecule has 0 radical (unpaired) electrons. The Morgan fingerprint density at radius 2 is 2.18 bits per heavy atom. The molecule has 2 nitrogen and oxygen atoms in total. The van der Waals surface area contributed by atoms with Gasteiger partial charge in [-0.05, 0) is 37.9 Å². The zero-order valence-electron chi connectivity index (χ0n) is 10.2. The fourth-order valence-electron chi connectivity index (χ4n) is 3.24. The molecular formula is C13H19ClN2S. The Morgan fingerprint density at radius 1 is 1.29 bits per heavy atom. The summed E-state index contributed by atoms with van der Waals surface area (Å²) in [7, 11) is 2.26. The van der Waals surface area contributed by atoms with Crippen LogP contribution in [0.5, 0.6) is 0 Å². The minimum atomic E-state index is 0.750. The zero-order chi connectivity index (χ0) is 11.8. The highest BCUT2D eigenvalue weighted by Gasteiger charge is 2.33. The SMILES string of the molecule is CN1C[C@H]2CC[C@@H](C1)N(Cc1ccc(Cl)s1)C2. The molecule has 3 saturated heterocycles. The van der Waals surface area contributed by atoms with E-state index in [0.717, 1.165) is 22.8 Å². The highest BCUT2D eigenvalue weighted by molar-refractivity contribution is 7.16. The van der Waals surface area contributed by atoms with Gasteiger partial charge in [0.2, 0.25) is 0 Å². The first kappa shape index (κ1) is 12.0. The van der Waals surface area contributed by atoms with Gasteiger partial charge in [-0.3, -0.25) is 4.90 Å². The van der Waals surface area contributed by atoms with Gasteiger partial charge in [-0.15, -0.1) is 11.3 Å².